The highest BCUT2D eigenvalue weighted by molar-refractivity contribution is 9.10. The third kappa shape index (κ3) is 2.38. The lowest BCUT2D eigenvalue weighted by Crippen LogP contribution is -2.22. The first-order chi connectivity index (χ1) is 10.5. The van der Waals surface area contributed by atoms with Crippen LogP contribution in [0, 0.1) is 13.8 Å². The number of halogens is 1. The van der Waals surface area contributed by atoms with Crippen LogP contribution in [-0.4, -0.2) is 26.3 Å². The number of hydrogen-bond donors (Lipinski definition) is 2. The van der Waals surface area contributed by atoms with Gasteiger partial charge in [0.15, 0.2) is 0 Å². The third-order valence-corrected chi connectivity index (χ3v) is 4.29. The molecule has 0 spiro atoms. The quantitative estimate of drug-likeness (QED) is 0.753. The summed E-state index contributed by atoms with van der Waals surface area (Å²) >= 11 is 3.42. The number of fused-ring (bicyclic) bond motifs is 1. The second-order valence-electron chi connectivity index (χ2n) is 5.24. The van der Waals surface area contributed by atoms with Crippen LogP contribution in [0.5, 0.6) is 0 Å². The van der Waals surface area contributed by atoms with Gasteiger partial charge in [0.1, 0.15) is 5.65 Å². The van der Waals surface area contributed by atoms with Crippen molar-refractivity contribution < 1.29 is 5.11 Å². The lowest BCUT2D eigenvalue weighted by molar-refractivity contribution is 0.298. The molecule has 0 atom stereocenters. The molecule has 0 aliphatic rings. The maximum absolute atomic E-state index is 12.6. The van der Waals surface area contributed by atoms with E-state index in [0.717, 1.165) is 27.0 Å². The summed E-state index contributed by atoms with van der Waals surface area (Å²) in [7, 11) is 0. The molecule has 3 aromatic rings. The lowest BCUT2D eigenvalue weighted by Gasteiger charge is -2.06. The predicted octanol–water partition coefficient (Wildman–Crippen LogP) is 2.60. The molecular formula is C16H16BrN3O2. The fourth-order valence-corrected chi connectivity index (χ4v) is 2.96. The van der Waals surface area contributed by atoms with Crippen LogP contribution in [0.15, 0.2) is 33.5 Å². The monoisotopic (exact) mass is 361 g/mol. The predicted molar refractivity (Wildman–Crippen MR) is 89.2 cm³/mol. The Morgan fingerprint density at radius 2 is 1.95 bits per heavy atom. The van der Waals surface area contributed by atoms with Gasteiger partial charge in [-0.1, -0.05) is 28.1 Å². The Labute approximate surface area is 135 Å². The van der Waals surface area contributed by atoms with Gasteiger partial charge in [-0.25, -0.2) is 0 Å². The lowest BCUT2D eigenvalue weighted by atomic mass is 10.1. The highest BCUT2D eigenvalue weighted by atomic mass is 79.9. The summed E-state index contributed by atoms with van der Waals surface area (Å²) < 4.78 is 2.39. The highest BCUT2D eigenvalue weighted by Crippen LogP contribution is 2.28. The van der Waals surface area contributed by atoms with E-state index in [-0.39, 0.29) is 12.2 Å². The first-order valence-electron chi connectivity index (χ1n) is 7.01. The van der Waals surface area contributed by atoms with E-state index in [4.69, 9.17) is 5.11 Å². The zero-order chi connectivity index (χ0) is 15.9. The van der Waals surface area contributed by atoms with Crippen LogP contribution in [0.25, 0.3) is 16.8 Å². The normalized spacial score (nSPS) is 11.3. The summed E-state index contributed by atoms with van der Waals surface area (Å²) in [6.45, 7) is 3.67. The molecule has 6 heteroatoms. The summed E-state index contributed by atoms with van der Waals surface area (Å²) in [5.74, 6) is 0. The molecule has 5 nitrogen and oxygen atoms in total. The second-order valence-corrected chi connectivity index (χ2v) is 6.15. The number of hydrogen-bond acceptors (Lipinski definition) is 3. The van der Waals surface area contributed by atoms with Crippen LogP contribution >= 0.6 is 15.9 Å². The number of nitrogens with one attached hydrogen (secondary N) is 1. The van der Waals surface area contributed by atoms with Crippen LogP contribution in [0.4, 0.5) is 0 Å². The molecule has 2 N–H and O–H groups in total. The van der Waals surface area contributed by atoms with Gasteiger partial charge in [-0.3, -0.25) is 4.79 Å². The SMILES string of the molecule is Cc1nn2c(=O)c(CCO)c(C)[nH]c2c1-c1ccc(Br)cc1. The Morgan fingerprint density at radius 3 is 2.59 bits per heavy atom. The Kier molecular flexibility index (Phi) is 3.88. The molecule has 2 aromatic heterocycles. The smallest absolute Gasteiger partial charge is 0.277 e. The third-order valence-electron chi connectivity index (χ3n) is 3.76. The van der Waals surface area contributed by atoms with Gasteiger partial charge in [-0.05, 0) is 31.5 Å². The Hall–Kier alpha value is -1.92. The molecule has 22 heavy (non-hydrogen) atoms. The maximum Gasteiger partial charge on any atom is 0.277 e. The van der Waals surface area contributed by atoms with Crippen molar-refractivity contribution in [1.82, 2.24) is 14.6 Å². The van der Waals surface area contributed by atoms with Crippen LogP contribution in [-0.2, 0) is 6.42 Å². The summed E-state index contributed by atoms with van der Waals surface area (Å²) in [6.07, 6.45) is 0.323. The van der Waals surface area contributed by atoms with E-state index in [0.29, 0.717) is 17.6 Å². The molecule has 3 rings (SSSR count). The fourth-order valence-electron chi connectivity index (χ4n) is 2.70. The van der Waals surface area contributed by atoms with Crippen molar-refractivity contribution in [3.63, 3.8) is 0 Å². The molecule has 0 saturated carbocycles. The van der Waals surface area contributed by atoms with Crippen molar-refractivity contribution in [3.05, 3.63) is 56.0 Å². The van der Waals surface area contributed by atoms with Gasteiger partial charge in [-0.2, -0.15) is 9.61 Å². The first kappa shape index (κ1) is 15.0. The van der Waals surface area contributed by atoms with E-state index in [9.17, 15) is 4.79 Å². The largest absolute Gasteiger partial charge is 0.396 e. The summed E-state index contributed by atoms with van der Waals surface area (Å²) in [5, 5.41) is 13.5. The van der Waals surface area contributed by atoms with Gasteiger partial charge < -0.3 is 10.1 Å². The van der Waals surface area contributed by atoms with E-state index < -0.39 is 0 Å². The van der Waals surface area contributed by atoms with Gasteiger partial charge in [0, 0.05) is 34.3 Å². The number of aliphatic hydroxyl groups is 1. The Morgan fingerprint density at radius 1 is 1.27 bits per heavy atom. The zero-order valence-electron chi connectivity index (χ0n) is 12.4. The summed E-state index contributed by atoms with van der Waals surface area (Å²) in [6, 6.07) is 7.90. The van der Waals surface area contributed by atoms with E-state index in [1.807, 2.05) is 38.1 Å². The summed E-state index contributed by atoms with van der Waals surface area (Å²) in [4.78, 5) is 15.8. The van der Waals surface area contributed by atoms with Crippen molar-refractivity contribution in [2.75, 3.05) is 6.61 Å². The number of aryl methyl sites for hydroxylation is 2. The molecule has 0 aliphatic carbocycles. The first-order valence-corrected chi connectivity index (χ1v) is 7.80. The number of nitrogens with zero attached hydrogens (tertiary/aromatic N) is 2. The molecule has 114 valence electrons. The Balaban J connectivity index is 2.31. The van der Waals surface area contributed by atoms with E-state index in [1.165, 1.54) is 4.52 Å². The molecular weight excluding hydrogens is 346 g/mol. The van der Waals surface area contributed by atoms with Crippen LogP contribution in [0.3, 0.4) is 0 Å². The standard InChI is InChI=1S/C16H16BrN3O2/c1-9-13(7-8-21)16(22)20-15(18-9)14(10(2)19-20)11-3-5-12(17)6-4-11/h3-6,18,21H,7-8H2,1-2H3. The van der Waals surface area contributed by atoms with Crippen LogP contribution in [0.2, 0.25) is 0 Å². The zero-order valence-corrected chi connectivity index (χ0v) is 13.9. The van der Waals surface area contributed by atoms with Gasteiger partial charge in [0.05, 0.1) is 5.69 Å². The molecule has 0 saturated heterocycles. The van der Waals surface area contributed by atoms with Crippen LogP contribution < -0.4 is 5.56 Å². The summed E-state index contributed by atoms with van der Waals surface area (Å²) in [5.41, 5.74) is 4.56. The van der Waals surface area contributed by atoms with Crippen molar-refractivity contribution in [2.24, 2.45) is 0 Å². The number of rotatable bonds is 3. The molecule has 0 bridgehead atoms. The topological polar surface area (TPSA) is 70.4 Å². The maximum atomic E-state index is 12.6. The highest BCUT2D eigenvalue weighted by Gasteiger charge is 2.17. The van der Waals surface area contributed by atoms with Crippen molar-refractivity contribution in [1.29, 1.82) is 0 Å². The molecule has 0 fully saturated rings. The van der Waals surface area contributed by atoms with E-state index in [1.54, 1.807) is 0 Å². The average Bonchev–Trinajstić information content (AvgIpc) is 2.81. The number of H-pyrrole nitrogens is 1. The molecule has 0 aliphatic heterocycles. The molecule has 0 amide bonds. The van der Waals surface area contributed by atoms with Crippen molar-refractivity contribution >= 4 is 21.6 Å². The van der Waals surface area contributed by atoms with Crippen molar-refractivity contribution in [2.45, 2.75) is 20.3 Å². The van der Waals surface area contributed by atoms with E-state index in [2.05, 4.69) is 26.0 Å². The number of aliphatic hydroxyl groups excluding tert-OH is 1. The molecule has 1 aromatic carbocycles. The average molecular weight is 362 g/mol. The van der Waals surface area contributed by atoms with Gasteiger partial charge in [0.25, 0.3) is 5.56 Å². The minimum absolute atomic E-state index is 0.0603. The van der Waals surface area contributed by atoms with Crippen molar-refractivity contribution in [3.8, 4) is 11.1 Å². The Bertz CT molecular complexity index is 894. The second kappa shape index (κ2) is 5.70. The molecule has 0 radical (unpaired) electrons. The minimum atomic E-state index is -0.174. The molecule has 0 unspecified atom stereocenters. The van der Waals surface area contributed by atoms with Gasteiger partial charge in [-0.15, -0.1) is 0 Å². The van der Waals surface area contributed by atoms with Gasteiger partial charge >= 0.3 is 0 Å². The number of benzene rings is 1. The fraction of sp³-hybridized carbons (Fsp3) is 0.250. The number of aromatic amines is 1. The number of aromatic nitrogens is 3. The van der Waals surface area contributed by atoms with Gasteiger partial charge in [0.2, 0.25) is 0 Å². The minimum Gasteiger partial charge on any atom is -0.396 e. The molecule has 2 heterocycles. The van der Waals surface area contributed by atoms with Crippen LogP contribution in [0.1, 0.15) is 17.0 Å². The van der Waals surface area contributed by atoms with E-state index >= 15 is 0 Å².